The Labute approximate surface area is 150 Å². The zero-order valence-corrected chi connectivity index (χ0v) is 15.0. The molecule has 1 saturated carbocycles. The number of methoxy groups -OCH3 is 1. The van der Waals surface area contributed by atoms with E-state index in [0.717, 1.165) is 37.1 Å². The minimum Gasteiger partial charge on any atom is -0.497 e. The van der Waals surface area contributed by atoms with Crippen molar-refractivity contribution in [1.82, 2.24) is 5.32 Å². The van der Waals surface area contributed by atoms with Gasteiger partial charge in [-0.25, -0.2) is 0 Å². The quantitative estimate of drug-likeness (QED) is 0.820. The highest BCUT2D eigenvalue weighted by molar-refractivity contribution is 5.76. The first-order valence-corrected chi connectivity index (χ1v) is 9.17. The lowest BCUT2D eigenvalue weighted by Gasteiger charge is -2.30. The molecule has 3 rings (SSSR count). The van der Waals surface area contributed by atoms with Crippen LogP contribution in [0, 0.1) is 0 Å². The highest BCUT2D eigenvalue weighted by Crippen LogP contribution is 2.40. The van der Waals surface area contributed by atoms with Crippen LogP contribution in [0.3, 0.4) is 0 Å². The van der Waals surface area contributed by atoms with E-state index in [1.54, 1.807) is 7.11 Å². The fourth-order valence-electron chi connectivity index (χ4n) is 3.82. The van der Waals surface area contributed by atoms with Gasteiger partial charge in [0.25, 0.3) is 0 Å². The molecule has 1 aliphatic carbocycles. The van der Waals surface area contributed by atoms with Crippen LogP contribution < -0.4 is 10.1 Å². The summed E-state index contributed by atoms with van der Waals surface area (Å²) in [6.07, 6.45) is 6.10. The van der Waals surface area contributed by atoms with Crippen LogP contribution in [0.4, 0.5) is 0 Å². The molecule has 0 spiro atoms. The molecule has 0 radical (unpaired) electrons. The molecule has 0 saturated heterocycles. The van der Waals surface area contributed by atoms with Gasteiger partial charge in [0.2, 0.25) is 5.91 Å². The molecule has 25 heavy (non-hydrogen) atoms. The lowest BCUT2D eigenvalue weighted by molar-refractivity contribution is -0.121. The van der Waals surface area contributed by atoms with Crippen LogP contribution in [0.5, 0.6) is 5.75 Å². The molecule has 0 unspecified atom stereocenters. The highest BCUT2D eigenvalue weighted by Gasteiger charge is 2.35. The monoisotopic (exact) mass is 337 g/mol. The zero-order valence-electron chi connectivity index (χ0n) is 15.0. The number of rotatable bonds is 7. The smallest absolute Gasteiger partial charge is 0.220 e. The maximum Gasteiger partial charge on any atom is 0.220 e. The maximum absolute atomic E-state index is 12.3. The van der Waals surface area contributed by atoms with Crippen molar-refractivity contribution in [1.29, 1.82) is 0 Å². The second-order valence-electron chi connectivity index (χ2n) is 6.98. The Bertz CT molecular complexity index is 673. The molecule has 1 amide bonds. The summed E-state index contributed by atoms with van der Waals surface area (Å²) < 4.78 is 5.16. The maximum atomic E-state index is 12.3. The van der Waals surface area contributed by atoms with Gasteiger partial charge >= 0.3 is 0 Å². The average molecular weight is 337 g/mol. The number of carbonyl (C=O) groups excluding carboxylic acids is 1. The van der Waals surface area contributed by atoms with Gasteiger partial charge in [0.15, 0.2) is 0 Å². The standard InChI is InChI=1S/C22H27NO2/c1-25-20-12-9-18(10-13-20)11-14-21(24)23-17-22(15-5-6-16-22)19-7-3-2-4-8-19/h2-4,7-10,12-13H,5-6,11,14-17H2,1H3,(H,23,24). The van der Waals surface area contributed by atoms with Gasteiger partial charge in [-0.05, 0) is 42.5 Å². The van der Waals surface area contributed by atoms with Crippen LogP contribution in [0.25, 0.3) is 0 Å². The number of aryl methyl sites for hydroxylation is 1. The second kappa shape index (κ2) is 8.19. The van der Waals surface area contributed by atoms with E-state index >= 15 is 0 Å². The highest BCUT2D eigenvalue weighted by atomic mass is 16.5. The largest absolute Gasteiger partial charge is 0.497 e. The molecule has 3 heteroatoms. The Morgan fingerprint density at radius 3 is 2.36 bits per heavy atom. The molecule has 3 nitrogen and oxygen atoms in total. The van der Waals surface area contributed by atoms with Gasteiger partial charge in [0, 0.05) is 18.4 Å². The normalized spacial score (nSPS) is 15.7. The van der Waals surface area contributed by atoms with Crippen molar-refractivity contribution in [3.8, 4) is 5.75 Å². The van der Waals surface area contributed by atoms with Gasteiger partial charge in [-0.15, -0.1) is 0 Å². The van der Waals surface area contributed by atoms with E-state index in [-0.39, 0.29) is 11.3 Å². The average Bonchev–Trinajstić information content (AvgIpc) is 3.16. The van der Waals surface area contributed by atoms with Crippen LogP contribution in [0.2, 0.25) is 0 Å². The summed E-state index contributed by atoms with van der Waals surface area (Å²) in [7, 11) is 1.66. The fourth-order valence-corrected chi connectivity index (χ4v) is 3.82. The molecule has 2 aromatic carbocycles. The predicted molar refractivity (Wildman–Crippen MR) is 101 cm³/mol. The fraction of sp³-hybridized carbons (Fsp3) is 0.409. The first-order chi connectivity index (χ1) is 12.2. The van der Waals surface area contributed by atoms with E-state index in [1.165, 1.54) is 18.4 Å². The van der Waals surface area contributed by atoms with Gasteiger partial charge in [-0.3, -0.25) is 4.79 Å². The summed E-state index contributed by atoms with van der Waals surface area (Å²) in [6, 6.07) is 18.6. The van der Waals surface area contributed by atoms with E-state index in [0.29, 0.717) is 6.42 Å². The Morgan fingerprint density at radius 1 is 1.04 bits per heavy atom. The van der Waals surface area contributed by atoms with Crippen molar-refractivity contribution < 1.29 is 9.53 Å². The van der Waals surface area contributed by atoms with Crippen molar-refractivity contribution in [3.63, 3.8) is 0 Å². The molecule has 0 aromatic heterocycles. The van der Waals surface area contributed by atoms with Gasteiger partial charge < -0.3 is 10.1 Å². The Morgan fingerprint density at radius 2 is 1.72 bits per heavy atom. The minimum atomic E-state index is 0.122. The number of amides is 1. The predicted octanol–water partition coefficient (Wildman–Crippen LogP) is 4.26. The van der Waals surface area contributed by atoms with Gasteiger partial charge in [0.05, 0.1) is 7.11 Å². The number of benzene rings is 2. The van der Waals surface area contributed by atoms with Gasteiger partial charge in [-0.2, -0.15) is 0 Å². The van der Waals surface area contributed by atoms with Crippen LogP contribution >= 0.6 is 0 Å². The third kappa shape index (κ3) is 4.41. The molecular weight excluding hydrogens is 310 g/mol. The van der Waals surface area contributed by atoms with Crippen molar-refractivity contribution in [2.75, 3.05) is 13.7 Å². The topological polar surface area (TPSA) is 38.3 Å². The number of nitrogens with one attached hydrogen (secondary N) is 1. The summed E-state index contributed by atoms with van der Waals surface area (Å²) in [5.74, 6) is 0.984. The van der Waals surface area contributed by atoms with E-state index < -0.39 is 0 Å². The van der Waals surface area contributed by atoms with Crippen molar-refractivity contribution in [2.24, 2.45) is 0 Å². The lowest BCUT2D eigenvalue weighted by Crippen LogP contribution is -2.39. The zero-order chi connectivity index (χ0) is 17.5. The molecule has 0 atom stereocenters. The first-order valence-electron chi connectivity index (χ1n) is 9.17. The van der Waals surface area contributed by atoms with Gasteiger partial charge in [0.1, 0.15) is 5.75 Å². The number of carbonyl (C=O) groups is 1. The number of hydrogen-bond acceptors (Lipinski definition) is 2. The van der Waals surface area contributed by atoms with E-state index in [9.17, 15) is 4.79 Å². The van der Waals surface area contributed by atoms with Crippen LogP contribution in [0.15, 0.2) is 54.6 Å². The third-order valence-corrected chi connectivity index (χ3v) is 5.37. The molecule has 132 valence electrons. The molecule has 1 aliphatic rings. The Kier molecular flexibility index (Phi) is 5.75. The van der Waals surface area contributed by atoms with Gasteiger partial charge in [-0.1, -0.05) is 55.3 Å². The van der Waals surface area contributed by atoms with Crippen LogP contribution in [-0.2, 0) is 16.6 Å². The number of ether oxygens (including phenoxy) is 1. The van der Waals surface area contributed by atoms with E-state index in [2.05, 4.69) is 35.6 Å². The van der Waals surface area contributed by atoms with E-state index in [1.807, 2.05) is 24.3 Å². The first kappa shape index (κ1) is 17.5. The summed E-state index contributed by atoms with van der Waals surface area (Å²) in [4.78, 5) is 12.3. The molecule has 1 fully saturated rings. The van der Waals surface area contributed by atoms with Crippen molar-refractivity contribution in [3.05, 3.63) is 65.7 Å². The Hall–Kier alpha value is -2.29. The summed E-state index contributed by atoms with van der Waals surface area (Å²) in [5, 5.41) is 3.19. The lowest BCUT2D eigenvalue weighted by atomic mass is 9.79. The third-order valence-electron chi connectivity index (χ3n) is 5.37. The molecular formula is C22H27NO2. The molecule has 2 aromatic rings. The van der Waals surface area contributed by atoms with E-state index in [4.69, 9.17) is 4.74 Å². The van der Waals surface area contributed by atoms with Crippen molar-refractivity contribution in [2.45, 2.75) is 43.9 Å². The van der Waals surface area contributed by atoms with Crippen LogP contribution in [0.1, 0.15) is 43.2 Å². The SMILES string of the molecule is COc1ccc(CCC(=O)NCC2(c3ccccc3)CCCC2)cc1. The number of hydrogen-bond donors (Lipinski definition) is 1. The molecule has 1 N–H and O–H groups in total. The molecule has 0 heterocycles. The summed E-state index contributed by atoms with van der Waals surface area (Å²) >= 11 is 0. The van der Waals surface area contributed by atoms with Crippen LogP contribution in [-0.4, -0.2) is 19.6 Å². The summed E-state index contributed by atoms with van der Waals surface area (Å²) in [6.45, 7) is 0.748. The Balaban J connectivity index is 1.53. The summed E-state index contributed by atoms with van der Waals surface area (Å²) in [5.41, 5.74) is 2.65. The second-order valence-corrected chi connectivity index (χ2v) is 6.98. The molecule has 0 bridgehead atoms. The van der Waals surface area contributed by atoms with Crippen molar-refractivity contribution >= 4 is 5.91 Å². The minimum absolute atomic E-state index is 0.122. The molecule has 0 aliphatic heterocycles.